The number of pyridine rings is 1. The van der Waals surface area contributed by atoms with Crippen molar-refractivity contribution in [2.24, 2.45) is 5.73 Å². The lowest BCUT2D eigenvalue weighted by Gasteiger charge is -2.18. The molecule has 100 valence electrons. The van der Waals surface area contributed by atoms with E-state index < -0.39 is 0 Å². The fourth-order valence-electron chi connectivity index (χ4n) is 2.26. The second kappa shape index (κ2) is 5.85. The van der Waals surface area contributed by atoms with Gasteiger partial charge in [-0.3, -0.25) is 0 Å². The number of nitrogens with two attached hydrogens (primary N) is 1. The van der Waals surface area contributed by atoms with Gasteiger partial charge in [-0.25, -0.2) is 4.98 Å². The molecule has 3 heteroatoms. The van der Waals surface area contributed by atoms with Crippen molar-refractivity contribution in [2.45, 2.75) is 19.9 Å². The van der Waals surface area contributed by atoms with E-state index in [1.54, 1.807) is 0 Å². The highest BCUT2D eigenvalue weighted by Gasteiger charge is 2.11. The summed E-state index contributed by atoms with van der Waals surface area (Å²) in [6, 6.07) is 10.7. The van der Waals surface area contributed by atoms with Gasteiger partial charge in [0.2, 0.25) is 0 Å². The first kappa shape index (κ1) is 13.6. The number of hydrogen-bond acceptors (Lipinski definition) is 3. The fourth-order valence-corrected chi connectivity index (χ4v) is 2.26. The number of nitrogens with zero attached hydrogens (tertiary/aromatic N) is 2. The smallest absolute Gasteiger partial charge is 0.133 e. The molecule has 0 fully saturated rings. The second-order valence-corrected chi connectivity index (χ2v) is 4.81. The molecule has 0 saturated heterocycles. The molecule has 0 amide bonds. The number of rotatable bonds is 4. The van der Waals surface area contributed by atoms with Crippen LogP contribution in [0, 0.1) is 0 Å². The van der Waals surface area contributed by atoms with Crippen LogP contribution in [0.15, 0.2) is 36.5 Å². The predicted molar refractivity (Wildman–Crippen MR) is 81.3 cm³/mol. The summed E-state index contributed by atoms with van der Waals surface area (Å²) in [5, 5.41) is 0. The third-order valence-electron chi connectivity index (χ3n) is 3.33. The van der Waals surface area contributed by atoms with Crippen LogP contribution in [0.4, 0.5) is 5.82 Å². The van der Waals surface area contributed by atoms with Crippen LogP contribution in [0.3, 0.4) is 0 Å². The molecule has 1 aromatic carbocycles. The zero-order valence-corrected chi connectivity index (χ0v) is 11.9. The summed E-state index contributed by atoms with van der Waals surface area (Å²) in [5.74, 6) is 0.944. The highest BCUT2D eigenvalue weighted by atomic mass is 15.1. The standard InChI is InChI=1S/C16H21N3/c1-4-12-5-7-13(8-6-12)14-9-10-18-16(19(2)3)15(14)11-17/h5-10H,4,11,17H2,1-3H3. The van der Waals surface area contributed by atoms with E-state index in [0.29, 0.717) is 6.54 Å². The van der Waals surface area contributed by atoms with Crippen molar-refractivity contribution in [3.05, 3.63) is 47.7 Å². The van der Waals surface area contributed by atoms with E-state index in [-0.39, 0.29) is 0 Å². The molecule has 0 spiro atoms. The zero-order valence-electron chi connectivity index (χ0n) is 11.9. The Balaban J connectivity index is 2.51. The minimum absolute atomic E-state index is 0.492. The molecule has 2 N–H and O–H groups in total. The normalized spacial score (nSPS) is 10.5. The van der Waals surface area contributed by atoms with Crippen LogP contribution >= 0.6 is 0 Å². The zero-order chi connectivity index (χ0) is 13.8. The average Bonchev–Trinajstić information content (AvgIpc) is 2.46. The number of aryl methyl sites for hydroxylation is 1. The van der Waals surface area contributed by atoms with Crippen LogP contribution < -0.4 is 10.6 Å². The minimum atomic E-state index is 0.492. The summed E-state index contributed by atoms with van der Waals surface area (Å²) in [6.45, 7) is 2.66. The van der Waals surface area contributed by atoms with Crippen LogP contribution in [0.2, 0.25) is 0 Å². The maximum absolute atomic E-state index is 5.92. The SMILES string of the molecule is CCc1ccc(-c2ccnc(N(C)C)c2CN)cc1. The summed E-state index contributed by atoms with van der Waals surface area (Å²) in [4.78, 5) is 6.42. The Morgan fingerprint density at radius 3 is 2.32 bits per heavy atom. The van der Waals surface area contributed by atoms with Crippen molar-refractivity contribution in [1.29, 1.82) is 0 Å². The van der Waals surface area contributed by atoms with Crippen LogP contribution in [-0.4, -0.2) is 19.1 Å². The van der Waals surface area contributed by atoms with Gasteiger partial charge in [0.05, 0.1) is 0 Å². The lowest BCUT2D eigenvalue weighted by Crippen LogP contribution is -2.15. The van der Waals surface area contributed by atoms with Crippen LogP contribution in [-0.2, 0) is 13.0 Å². The Morgan fingerprint density at radius 1 is 1.11 bits per heavy atom. The van der Waals surface area contributed by atoms with Gasteiger partial charge in [0.25, 0.3) is 0 Å². The first-order valence-electron chi connectivity index (χ1n) is 6.62. The summed E-state index contributed by atoms with van der Waals surface area (Å²) < 4.78 is 0. The molecule has 2 aromatic rings. The monoisotopic (exact) mass is 255 g/mol. The van der Waals surface area contributed by atoms with Crippen molar-refractivity contribution in [3.8, 4) is 11.1 Å². The van der Waals surface area contributed by atoms with E-state index in [9.17, 15) is 0 Å². The van der Waals surface area contributed by atoms with E-state index in [0.717, 1.165) is 17.8 Å². The molecular weight excluding hydrogens is 234 g/mol. The molecule has 0 atom stereocenters. The maximum atomic E-state index is 5.92. The van der Waals surface area contributed by atoms with Gasteiger partial charge in [-0.1, -0.05) is 31.2 Å². The number of anilines is 1. The quantitative estimate of drug-likeness (QED) is 0.913. The highest BCUT2D eigenvalue weighted by molar-refractivity contribution is 5.72. The molecule has 1 aromatic heterocycles. The molecule has 0 aliphatic heterocycles. The molecule has 0 unspecified atom stereocenters. The van der Waals surface area contributed by atoms with E-state index in [1.807, 2.05) is 31.3 Å². The lowest BCUT2D eigenvalue weighted by molar-refractivity contribution is 0.988. The minimum Gasteiger partial charge on any atom is -0.362 e. The van der Waals surface area contributed by atoms with Crippen molar-refractivity contribution in [2.75, 3.05) is 19.0 Å². The summed E-state index contributed by atoms with van der Waals surface area (Å²) in [7, 11) is 3.98. The average molecular weight is 255 g/mol. The van der Waals surface area contributed by atoms with E-state index in [4.69, 9.17) is 5.73 Å². The van der Waals surface area contributed by atoms with Gasteiger partial charge in [-0.15, -0.1) is 0 Å². The maximum Gasteiger partial charge on any atom is 0.133 e. The number of aromatic nitrogens is 1. The Morgan fingerprint density at radius 2 is 1.79 bits per heavy atom. The van der Waals surface area contributed by atoms with E-state index in [2.05, 4.69) is 36.2 Å². The predicted octanol–water partition coefficient (Wildman–Crippen LogP) is 2.84. The van der Waals surface area contributed by atoms with Crippen LogP contribution in [0.25, 0.3) is 11.1 Å². The number of hydrogen-bond donors (Lipinski definition) is 1. The van der Waals surface area contributed by atoms with Crippen molar-refractivity contribution < 1.29 is 0 Å². The van der Waals surface area contributed by atoms with Gasteiger partial charge in [0.15, 0.2) is 0 Å². The summed E-state index contributed by atoms with van der Waals surface area (Å²) in [6.07, 6.45) is 2.90. The molecule has 0 aliphatic rings. The Hall–Kier alpha value is -1.87. The Labute approximate surface area is 115 Å². The molecule has 19 heavy (non-hydrogen) atoms. The van der Waals surface area contributed by atoms with Crippen molar-refractivity contribution in [3.63, 3.8) is 0 Å². The molecule has 0 aliphatic carbocycles. The third kappa shape index (κ3) is 2.76. The first-order chi connectivity index (χ1) is 9.17. The largest absolute Gasteiger partial charge is 0.362 e. The molecule has 2 rings (SSSR count). The Bertz CT molecular complexity index is 544. The fraction of sp³-hybridized carbons (Fsp3) is 0.312. The van der Waals surface area contributed by atoms with Crippen molar-refractivity contribution in [1.82, 2.24) is 4.98 Å². The van der Waals surface area contributed by atoms with Gasteiger partial charge < -0.3 is 10.6 Å². The van der Waals surface area contributed by atoms with Gasteiger partial charge in [-0.2, -0.15) is 0 Å². The molecule has 3 nitrogen and oxygen atoms in total. The third-order valence-corrected chi connectivity index (χ3v) is 3.33. The van der Waals surface area contributed by atoms with Gasteiger partial charge in [-0.05, 0) is 29.2 Å². The Kier molecular flexibility index (Phi) is 4.17. The van der Waals surface area contributed by atoms with Crippen LogP contribution in [0.1, 0.15) is 18.1 Å². The molecule has 0 bridgehead atoms. The molecule has 0 radical (unpaired) electrons. The molecule has 1 heterocycles. The summed E-state index contributed by atoms with van der Waals surface area (Å²) in [5.41, 5.74) is 10.7. The lowest BCUT2D eigenvalue weighted by atomic mass is 9.99. The van der Waals surface area contributed by atoms with Crippen molar-refractivity contribution >= 4 is 5.82 Å². The molecule has 0 saturated carbocycles. The van der Waals surface area contributed by atoms with Crippen LogP contribution in [0.5, 0.6) is 0 Å². The topological polar surface area (TPSA) is 42.2 Å². The van der Waals surface area contributed by atoms with Gasteiger partial charge in [0, 0.05) is 32.4 Å². The second-order valence-electron chi connectivity index (χ2n) is 4.81. The highest BCUT2D eigenvalue weighted by Crippen LogP contribution is 2.28. The summed E-state index contributed by atoms with van der Waals surface area (Å²) >= 11 is 0. The van der Waals surface area contributed by atoms with Gasteiger partial charge >= 0.3 is 0 Å². The molecular formula is C16H21N3. The van der Waals surface area contributed by atoms with Gasteiger partial charge in [0.1, 0.15) is 5.82 Å². The van der Waals surface area contributed by atoms with E-state index in [1.165, 1.54) is 16.7 Å². The first-order valence-corrected chi connectivity index (χ1v) is 6.62. The number of benzene rings is 1. The van der Waals surface area contributed by atoms with E-state index >= 15 is 0 Å².